The van der Waals surface area contributed by atoms with Crippen molar-refractivity contribution < 1.29 is 23.9 Å². The highest BCUT2D eigenvalue weighted by Crippen LogP contribution is 1.96. The number of methoxy groups -OCH3 is 1. The Balaban J connectivity index is 2.18. The quantitative estimate of drug-likeness (QED) is 0.508. The SMILES string of the molecule is COC(=O)C=CC(=O)OCCN1CCNC1=O. The van der Waals surface area contributed by atoms with Crippen LogP contribution in [0, 0.1) is 0 Å². The molecule has 7 nitrogen and oxygen atoms in total. The number of rotatable bonds is 5. The van der Waals surface area contributed by atoms with Crippen LogP contribution < -0.4 is 5.32 Å². The van der Waals surface area contributed by atoms with E-state index in [4.69, 9.17) is 4.74 Å². The number of nitrogens with zero attached hydrogens (tertiary/aromatic N) is 1. The Morgan fingerprint density at radius 1 is 1.41 bits per heavy atom. The second-order valence-corrected chi connectivity index (χ2v) is 3.24. The first kappa shape index (κ1) is 13.0. The van der Waals surface area contributed by atoms with Gasteiger partial charge < -0.3 is 19.7 Å². The normalized spacial score (nSPS) is 14.9. The van der Waals surface area contributed by atoms with Crippen molar-refractivity contribution in [2.24, 2.45) is 0 Å². The lowest BCUT2D eigenvalue weighted by atomic mass is 10.5. The molecule has 94 valence electrons. The minimum atomic E-state index is -0.644. The second-order valence-electron chi connectivity index (χ2n) is 3.24. The first-order valence-corrected chi connectivity index (χ1v) is 5.09. The molecular formula is C10H14N2O5. The van der Waals surface area contributed by atoms with E-state index in [1.807, 2.05) is 0 Å². The van der Waals surface area contributed by atoms with Gasteiger partial charge in [-0.2, -0.15) is 0 Å². The van der Waals surface area contributed by atoms with E-state index in [1.165, 1.54) is 12.0 Å². The summed E-state index contributed by atoms with van der Waals surface area (Å²) in [6.07, 6.45) is 1.96. The first-order chi connectivity index (χ1) is 8.13. The highest BCUT2D eigenvalue weighted by molar-refractivity contribution is 5.91. The Morgan fingerprint density at radius 3 is 2.71 bits per heavy atom. The molecule has 17 heavy (non-hydrogen) atoms. The summed E-state index contributed by atoms with van der Waals surface area (Å²) < 4.78 is 9.10. The van der Waals surface area contributed by atoms with Gasteiger partial charge in [-0.25, -0.2) is 14.4 Å². The fraction of sp³-hybridized carbons (Fsp3) is 0.500. The molecule has 2 amide bonds. The Labute approximate surface area is 98.3 Å². The fourth-order valence-corrected chi connectivity index (χ4v) is 1.23. The van der Waals surface area contributed by atoms with E-state index >= 15 is 0 Å². The molecule has 0 bridgehead atoms. The van der Waals surface area contributed by atoms with Crippen LogP contribution in [0.3, 0.4) is 0 Å². The Bertz CT molecular complexity index is 340. The summed E-state index contributed by atoms with van der Waals surface area (Å²) in [6.45, 7) is 1.64. The van der Waals surface area contributed by atoms with Crippen molar-refractivity contribution >= 4 is 18.0 Å². The van der Waals surface area contributed by atoms with Gasteiger partial charge in [0.05, 0.1) is 13.7 Å². The van der Waals surface area contributed by atoms with Crippen molar-refractivity contribution in [3.63, 3.8) is 0 Å². The predicted octanol–water partition coefficient (Wildman–Crippen LogP) is -0.716. The van der Waals surface area contributed by atoms with Gasteiger partial charge in [0.2, 0.25) is 0 Å². The Morgan fingerprint density at radius 2 is 2.12 bits per heavy atom. The van der Waals surface area contributed by atoms with Gasteiger partial charge >= 0.3 is 18.0 Å². The van der Waals surface area contributed by atoms with Crippen molar-refractivity contribution in [1.29, 1.82) is 0 Å². The monoisotopic (exact) mass is 242 g/mol. The minimum Gasteiger partial charge on any atom is -0.466 e. The summed E-state index contributed by atoms with van der Waals surface area (Å²) in [7, 11) is 1.21. The molecule has 0 spiro atoms. The summed E-state index contributed by atoms with van der Waals surface area (Å²) in [5.41, 5.74) is 0. The molecule has 0 aliphatic carbocycles. The van der Waals surface area contributed by atoms with Gasteiger partial charge in [0.15, 0.2) is 0 Å². The predicted molar refractivity (Wildman–Crippen MR) is 57.1 cm³/mol. The summed E-state index contributed by atoms with van der Waals surface area (Å²) in [5, 5.41) is 2.63. The number of esters is 2. The summed E-state index contributed by atoms with van der Waals surface area (Å²) in [5.74, 6) is -1.27. The molecule has 7 heteroatoms. The number of carbonyl (C=O) groups is 3. The average molecular weight is 242 g/mol. The maximum Gasteiger partial charge on any atom is 0.331 e. The van der Waals surface area contributed by atoms with Crippen molar-refractivity contribution in [1.82, 2.24) is 10.2 Å². The van der Waals surface area contributed by atoms with Crippen molar-refractivity contribution in [2.45, 2.75) is 0 Å². The number of hydrogen-bond acceptors (Lipinski definition) is 5. The Hall–Kier alpha value is -2.05. The minimum absolute atomic E-state index is 0.0950. The van der Waals surface area contributed by atoms with Crippen LogP contribution in [0.1, 0.15) is 0 Å². The standard InChI is InChI=1S/C10H14N2O5/c1-16-8(13)2-3-9(14)17-7-6-12-5-4-11-10(12)15/h2-3H,4-7H2,1H3,(H,11,15). The molecule has 1 saturated heterocycles. The molecule has 0 aromatic heterocycles. The van der Waals surface area contributed by atoms with Gasteiger partial charge in [0.25, 0.3) is 0 Å². The van der Waals surface area contributed by atoms with Gasteiger partial charge in [-0.15, -0.1) is 0 Å². The molecule has 1 fully saturated rings. The van der Waals surface area contributed by atoms with E-state index in [0.717, 1.165) is 12.2 Å². The zero-order valence-corrected chi connectivity index (χ0v) is 9.47. The molecule has 1 aliphatic heterocycles. The highest BCUT2D eigenvalue weighted by atomic mass is 16.5. The maximum atomic E-state index is 11.1. The van der Waals surface area contributed by atoms with E-state index in [1.54, 1.807) is 0 Å². The van der Waals surface area contributed by atoms with Crippen LogP contribution in [-0.2, 0) is 19.1 Å². The molecule has 0 aromatic carbocycles. The van der Waals surface area contributed by atoms with Crippen LogP contribution in [0.15, 0.2) is 12.2 Å². The molecule has 0 saturated carbocycles. The number of amides is 2. The molecule has 0 aromatic rings. The molecular weight excluding hydrogens is 228 g/mol. The van der Waals surface area contributed by atoms with Crippen molar-refractivity contribution in [2.75, 3.05) is 33.4 Å². The number of nitrogens with one attached hydrogen (secondary N) is 1. The van der Waals surface area contributed by atoms with Crippen molar-refractivity contribution in [3.8, 4) is 0 Å². The van der Waals surface area contributed by atoms with Crippen LogP contribution in [0.2, 0.25) is 0 Å². The molecule has 1 heterocycles. The van der Waals surface area contributed by atoms with Crippen molar-refractivity contribution in [3.05, 3.63) is 12.2 Å². The molecule has 0 unspecified atom stereocenters. The number of urea groups is 1. The van der Waals surface area contributed by atoms with E-state index in [0.29, 0.717) is 19.6 Å². The third-order valence-corrected chi connectivity index (χ3v) is 2.11. The second kappa shape index (κ2) is 6.51. The first-order valence-electron chi connectivity index (χ1n) is 5.09. The lowest BCUT2D eigenvalue weighted by molar-refractivity contribution is -0.139. The summed E-state index contributed by atoms with van der Waals surface area (Å²) in [4.78, 5) is 34.4. The average Bonchev–Trinajstić information content (AvgIpc) is 2.72. The topological polar surface area (TPSA) is 84.9 Å². The molecule has 1 rings (SSSR count). The van der Waals surface area contributed by atoms with Crippen LogP contribution >= 0.6 is 0 Å². The van der Waals surface area contributed by atoms with Crippen LogP contribution in [0.25, 0.3) is 0 Å². The van der Waals surface area contributed by atoms with Gasteiger partial charge in [-0.3, -0.25) is 0 Å². The third kappa shape index (κ3) is 4.54. The fourth-order valence-electron chi connectivity index (χ4n) is 1.23. The number of hydrogen-bond donors (Lipinski definition) is 1. The number of ether oxygens (including phenoxy) is 2. The zero-order valence-electron chi connectivity index (χ0n) is 9.47. The van der Waals surface area contributed by atoms with E-state index in [-0.39, 0.29) is 12.6 Å². The molecule has 0 radical (unpaired) electrons. The van der Waals surface area contributed by atoms with Gasteiger partial charge in [-0.05, 0) is 0 Å². The Kier molecular flexibility index (Phi) is 4.99. The number of carbonyl (C=O) groups excluding carboxylic acids is 3. The molecule has 1 aliphatic rings. The van der Waals surface area contributed by atoms with E-state index < -0.39 is 11.9 Å². The molecule has 1 N–H and O–H groups in total. The van der Waals surface area contributed by atoms with E-state index in [9.17, 15) is 14.4 Å². The summed E-state index contributed by atoms with van der Waals surface area (Å²) >= 11 is 0. The summed E-state index contributed by atoms with van der Waals surface area (Å²) in [6, 6.07) is -0.161. The van der Waals surface area contributed by atoms with Crippen LogP contribution in [0.5, 0.6) is 0 Å². The highest BCUT2D eigenvalue weighted by Gasteiger charge is 2.18. The van der Waals surface area contributed by atoms with E-state index in [2.05, 4.69) is 10.1 Å². The lowest BCUT2D eigenvalue weighted by Gasteiger charge is -2.12. The molecule has 0 atom stereocenters. The van der Waals surface area contributed by atoms with Gasteiger partial charge in [0.1, 0.15) is 6.61 Å². The van der Waals surface area contributed by atoms with Crippen LogP contribution in [-0.4, -0.2) is 56.2 Å². The zero-order chi connectivity index (χ0) is 12.7. The smallest absolute Gasteiger partial charge is 0.331 e. The van der Waals surface area contributed by atoms with Gasteiger partial charge in [-0.1, -0.05) is 0 Å². The lowest BCUT2D eigenvalue weighted by Crippen LogP contribution is -2.31. The maximum absolute atomic E-state index is 11.1. The largest absolute Gasteiger partial charge is 0.466 e. The third-order valence-electron chi connectivity index (χ3n) is 2.11. The van der Waals surface area contributed by atoms with Crippen LogP contribution in [0.4, 0.5) is 4.79 Å². The van der Waals surface area contributed by atoms with Gasteiger partial charge in [0, 0.05) is 25.2 Å².